The molecule has 1 aromatic rings. The van der Waals surface area contributed by atoms with E-state index in [0.717, 1.165) is 23.3 Å². The van der Waals surface area contributed by atoms with Crippen molar-refractivity contribution in [3.8, 4) is 0 Å². The Morgan fingerprint density at radius 2 is 1.59 bits per heavy atom. The van der Waals surface area contributed by atoms with Gasteiger partial charge in [-0.25, -0.2) is 0 Å². The van der Waals surface area contributed by atoms with E-state index >= 15 is 0 Å². The Morgan fingerprint density at radius 1 is 1.05 bits per heavy atom. The molecule has 4 saturated carbocycles. The lowest BCUT2D eigenvalue weighted by Crippen LogP contribution is -2.48. The lowest BCUT2D eigenvalue weighted by Gasteiger charge is -2.57. The van der Waals surface area contributed by atoms with Gasteiger partial charge in [0.05, 0.1) is 0 Å². The van der Waals surface area contributed by atoms with E-state index < -0.39 is 0 Å². The van der Waals surface area contributed by atoms with Gasteiger partial charge in [0.2, 0.25) is 0 Å². The van der Waals surface area contributed by atoms with Crippen LogP contribution in [0.3, 0.4) is 0 Å². The summed E-state index contributed by atoms with van der Waals surface area (Å²) in [4.78, 5) is 12.2. The van der Waals surface area contributed by atoms with Gasteiger partial charge in [-0.2, -0.15) is 0 Å². The monoisotopic (exact) mass is 295 g/mol. The zero-order valence-corrected chi connectivity index (χ0v) is 13.2. The van der Waals surface area contributed by atoms with Gasteiger partial charge in [-0.15, -0.1) is 0 Å². The molecule has 4 aliphatic carbocycles. The van der Waals surface area contributed by atoms with Gasteiger partial charge in [0, 0.05) is 12.1 Å². The standard InChI is InChI=1S/C20H25NO/c1-14(13-21-19(22)18-5-3-2-4-6-18)20-10-15-7-16(11-20)9-17(8-15)12-20/h2-6,15-17H,1,7-13H2,(H,21,22). The van der Waals surface area contributed by atoms with Gasteiger partial charge in [-0.1, -0.05) is 30.4 Å². The van der Waals surface area contributed by atoms with E-state index in [-0.39, 0.29) is 5.91 Å². The van der Waals surface area contributed by atoms with Crippen LogP contribution >= 0.6 is 0 Å². The fraction of sp³-hybridized carbons (Fsp3) is 0.550. The van der Waals surface area contributed by atoms with Crippen LogP contribution in [0.15, 0.2) is 42.5 Å². The zero-order chi connectivity index (χ0) is 15.2. The van der Waals surface area contributed by atoms with Crippen molar-refractivity contribution in [3.63, 3.8) is 0 Å². The van der Waals surface area contributed by atoms with Gasteiger partial charge >= 0.3 is 0 Å². The number of amides is 1. The molecule has 1 aromatic carbocycles. The maximum atomic E-state index is 12.2. The number of hydrogen-bond donors (Lipinski definition) is 1. The van der Waals surface area contributed by atoms with E-state index in [0.29, 0.717) is 12.0 Å². The van der Waals surface area contributed by atoms with Crippen molar-refractivity contribution >= 4 is 5.91 Å². The summed E-state index contributed by atoms with van der Waals surface area (Å²) in [6.07, 6.45) is 8.30. The van der Waals surface area contributed by atoms with Crippen molar-refractivity contribution < 1.29 is 4.79 Å². The summed E-state index contributed by atoms with van der Waals surface area (Å²) in [5.74, 6) is 2.79. The molecule has 116 valence electrons. The minimum absolute atomic E-state index is 0.0199. The highest BCUT2D eigenvalue weighted by atomic mass is 16.1. The molecule has 0 saturated heterocycles. The molecule has 2 nitrogen and oxygen atoms in total. The molecule has 0 atom stereocenters. The van der Waals surface area contributed by atoms with Crippen LogP contribution in [0.1, 0.15) is 48.9 Å². The molecule has 5 rings (SSSR count). The summed E-state index contributed by atoms with van der Waals surface area (Å²) in [7, 11) is 0. The highest BCUT2D eigenvalue weighted by Crippen LogP contribution is 2.62. The maximum Gasteiger partial charge on any atom is 0.251 e. The third-order valence-electron chi connectivity index (χ3n) is 6.29. The van der Waals surface area contributed by atoms with Gasteiger partial charge in [-0.05, 0) is 73.8 Å². The average Bonchev–Trinajstić information content (AvgIpc) is 2.51. The van der Waals surface area contributed by atoms with Crippen molar-refractivity contribution in [2.75, 3.05) is 6.54 Å². The van der Waals surface area contributed by atoms with E-state index in [9.17, 15) is 4.79 Å². The minimum Gasteiger partial charge on any atom is -0.348 e. The molecule has 0 heterocycles. The maximum absolute atomic E-state index is 12.2. The largest absolute Gasteiger partial charge is 0.348 e. The van der Waals surface area contributed by atoms with Gasteiger partial charge in [0.15, 0.2) is 0 Å². The van der Waals surface area contributed by atoms with Crippen LogP contribution in [-0.2, 0) is 0 Å². The Balaban J connectivity index is 1.41. The van der Waals surface area contributed by atoms with Crippen molar-refractivity contribution in [2.24, 2.45) is 23.2 Å². The molecule has 2 heteroatoms. The van der Waals surface area contributed by atoms with E-state index in [4.69, 9.17) is 0 Å². The first kappa shape index (κ1) is 14.0. The number of carbonyl (C=O) groups excluding carboxylic acids is 1. The van der Waals surface area contributed by atoms with Crippen LogP contribution in [0.5, 0.6) is 0 Å². The molecule has 0 unspecified atom stereocenters. The first-order valence-corrected chi connectivity index (χ1v) is 8.66. The molecule has 4 fully saturated rings. The van der Waals surface area contributed by atoms with Crippen LogP contribution in [0.25, 0.3) is 0 Å². The van der Waals surface area contributed by atoms with Crippen molar-refractivity contribution in [3.05, 3.63) is 48.0 Å². The molecule has 0 radical (unpaired) electrons. The van der Waals surface area contributed by atoms with Gasteiger partial charge in [0.25, 0.3) is 5.91 Å². The average molecular weight is 295 g/mol. The molecule has 22 heavy (non-hydrogen) atoms. The SMILES string of the molecule is C=C(CNC(=O)c1ccccc1)C12CC3CC(CC(C3)C1)C2. The van der Waals surface area contributed by atoms with E-state index in [2.05, 4.69) is 11.9 Å². The predicted molar refractivity (Wildman–Crippen MR) is 88.5 cm³/mol. The smallest absolute Gasteiger partial charge is 0.251 e. The van der Waals surface area contributed by atoms with Gasteiger partial charge < -0.3 is 5.32 Å². The quantitative estimate of drug-likeness (QED) is 0.829. The molecule has 0 aromatic heterocycles. The van der Waals surface area contributed by atoms with Crippen molar-refractivity contribution in [2.45, 2.75) is 38.5 Å². The van der Waals surface area contributed by atoms with Crippen LogP contribution < -0.4 is 5.32 Å². The van der Waals surface area contributed by atoms with Crippen LogP contribution in [0.2, 0.25) is 0 Å². The fourth-order valence-corrected chi connectivity index (χ4v) is 5.61. The van der Waals surface area contributed by atoms with Crippen LogP contribution in [0.4, 0.5) is 0 Å². The molecule has 0 spiro atoms. The highest BCUT2D eigenvalue weighted by molar-refractivity contribution is 5.94. The van der Waals surface area contributed by atoms with Crippen molar-refractivity contribution in [1.29, 1.82) is 0 Å². The first-order valence-electron chi connectivity index (χ1n) is 8.66. The summed E-state index contributed by atoms with van der Waals surface area (Å²) in [6.45, 7) is 5.03. The highest BCUT2D eigenvalue weighted by Gasteiger charge is 2.51. The van der Waals surface area contributed by atoms with Gasteiger partial charge in [0.1, 0.15) is 0 Å². The topological polar surface area (TPSA) is 29.1 Å². The summed E-state index contributed by atoms with van der Waals surface area (Å²) in [6, 6.07) is 9.47. The fourth-order valence-electron chi connectivity index (χ4n) is 5.61. The van der Waals surface area contributed by atoms with Crippen molar-refractivity contribution in [1.82, 2.24) is 5.32 Å². The first-order chi connectivity index (χ1) is 10.6. The molecular weight excluding hydrogens is 270 g/mol. The van der Waals surface area contributed by atoms with E-state index in [1.165, 1.54) is 44.1 Å². The number of benzene rings is 1. The number of nitrogens with one attached hydrogen (secondary N) is 1. The lowest BCUT2D eigenvalue weighted by atomic mass is 9.48. The second kappa shape index (κ2) is 5.26. The minimum atomic E-state index is 0.0199. The van der Waals surface area contributed by atoms with Crippen LogP contribution in [-0.4, -0.2) is 12.5 Å². The Morgan fingerprint density at radius 3 is 2.14 bits per heavy atom. The Hall–Kier alpha value is -1.57. The van der Waals surface area contributed by atoms with E-state index in [1.54, 1.807) is 0 Å². The third-order valence-corrected chi connectivity index (χ3v) is 6.29. The summed E-state index contributed by atoms with van der Waals surface area (Å²) in [5, 5.41) is 3.09. The van der Waals surface area contributed by atoms with Gasteiger partial charge in [-0.3, -0.25) is 4.79 Å². The van der Waals surface area contributed by atoms with Crippen LogP contribution in [0, 0.1) is 23.2 Å². The molecule has 0 aliphatic heterocycles. The summed E-state index contributed by atoms with van der Waals surface area (Å²) < 4.78 is 0. The molecule has 1 N–H and O–H groups in total. The third kappa shape index (κ3) is 2.39. The lowest BCUT2D eigenvalue weighted by molar-refractivity contribution is -0.0311. The Kier molecular flexibility index (Phi) is 3.36. The predicted octanol–water partition coefficient (Wildman–Crippen LogP) is 4.19. The molecular formula is C20H25NO. The normalized spacial score (nSPS) is 35.4. The number of hydrogen-bond acceptors (Lipinski definition) is 1. The second-order valence-electron chi connectivity index (χ2n) is 7.85. The second-order valence-corrected chi connectivity index (χ2v) is 7.85. The Bertz CT molecular complexity index is 554. The Labute approximate surface area is 133 Å². The number of carbonyl (C=O) groups is 1. The zero-order valence-electron chi connectivity index (χ0n) is 13.2. The van der Waals surface area contributed by atoms with E-state index in [1.807, 2.05) is 30.3 Å². The summed E-state index contributed by atoms with van der Waals surface area (Å²) in [5.41, 5.74) is 2.34. The summed E-state index contributed by atoms with van der Waals surface area (Å²) >= 11 is 0. The number of rotatable bonds is 4. The molecule has 1 amide bonds. The molecule has 4 bridgehead atoms. The molecule has 4 aliphatic rings.